The van der Waals surface area contributed by atoms with Crippen molar-refractivity contribution in [3.05, 3.63) is 35.4 Å². The highest BCUT2D eigenvalue weighted by Gasteiger charge is 2.15. The molecule has 1 aromatic rings. The SMILES string of the molecule is CCC(CCC(C)C)c1ccc(C(C)(C)C)cc1. The summed E-state index contributed by atoms with van der Waals surface area (Å²) >= 11 is 0. The molecule has 0 radical (unpaired) electrons. The van der Waals surface area contributed by atoms with Gasteiger partial charge in [-0.25, -0.2) is 0 Å². The minimum Gasteiger partial charge on any atom is -0.0648 e. The van der Waals surface area contributed by atoms with E-state index in [0.717, 1.165) is 11.8 Å². The van der Waals surface area contributed by atoms with Gasteiger partial charge in [0.15, 0.2) is 0 Å². The molecule has 1 atom stereocenters. The van der Waals surface area contributed by atoms with Crippen LogP contribution in [0.5, 0.6) is 0 Å². The van der Waals surface area contributed by atoms with Crippen LogP contribution in [0, 0.1) is 5.92 Å². The molecule has 0 N–H and O–H groups in total. The quantitative estimate of drug-likeness (QED) is 0.605. The lowest BCUT2D eigenvalue weighted by Gasteiger charge is -2.21. The first-order valence-electron chi connectivity index (χ1n) is 7.45. The van der Waals surface area contributed by atoms with Gasteiger partial charge in [0.1, 0.15) is 0 Å². The predicted octanol–water partition coefficient (Wildman–Crippen LogP) is 5.91. The van der Waals surface area contributed by atoms with Gasteiger partial charge < -0.3 is 0 Å². The van der Waals surface area contributed by atoms with E-state index >= 15 is 0 Å². The van der Waals surface area contributed by atoms with Gasteiger partial charge in [0.25, 0.3) is 0 Å². The Labute approximate surface area is 114 Å². The molecule has 0 aliphatic heterocycles. The van der Waals surface area contributed by atoms with Gasteiger partial charge in [0.05, 0.1) is 0 Å². The van der Waals surface area contributed by atoms with Crippen molar-refractivity contribution in [3.63, 3.8) is 0 Å². The minimum absolute atomic E-state index is 0.262. The molecule has 0 heteroatoms. The summed E-state index contributed by atoms with van der Waals surface area (Å²) in [4.78, 5) is 0. The fourth-order valence-electron chi connectivity index (χ4n) is 2.40. The van der Waals surface area contributed by atoms with E-state index in [2.05, 4.69) is 65.8 Å². The molecule has 0 spiro atoms. The lowest BCUT2D eigenvalue weighted by atomic mass is 9.84. The van der Waals surface area contributed by atoms with E-state index in [4.69, 9.17) is 0 Å². The van der Waals surface area contributed by atoms with Gasteiger partial charge in [-0.1, -0.05) is 72.2 Å². The smallest absolute Gasteiger partial charge is 0.0132 e. The Balaban J connectivity index is 2.76. The van der Waals surface area contributed by atoms with Crippen molar-refractivity contribution < 1.29 is 0 Å². The molecule has 1 rings (SSSR count). The maximum atomic E-state index is 2.34. The third-order valence-electron chi connectivity index (χ3n) is 3.83. The fourth-order valence-corrected chi connectivity index (χ4v) is 2.40. The van der Waals surface area contributed by atoms with Crippen LogP contribution in [0.3, 0.4) is 0 Å². The van der Waals surface area contributed by atoms with Gasteiger partial charge in [0.2, 0.25) is 0 Å². The van der Waals surface area contributed by atoms with Gasteiger partial charge >= 0.3 is 0 Å². The first-order chi connectivity index (χ1) is 8.34. The third kappa shape index (κ3) is 4.48. The summed E-state index contributed by atoms with van der Waals surface area (Å²) in [5, 5.41) is 0. The van der Waals surface area contributed by atoms with Crippen LogP contribution in [-0.2, 0) is 5.41 Å². The van der Waals surface area contributed by atoms with E-state index in [9.17, 15) is 0 Å². The van der Waals surface area contributed by atoms with E-state index in [-0.39, 0.29) is 5.41 Å². The van der Waals surface area contributed by atoms with E-state index in [1.165, 1.54) is 30.4 Å². The fraction of sp³-hybridized carbons (Fsp3) is 0.667. The molecule has 0 aliphatic carbocycles. The average Bonchev–Trinajstić information content (AvgIpc) is 2.29. The third-order valence-corrected chi connectivity index (χ3v) is 3.83. The Bertz CT molecular complexity index is 337. The molecule has 102 valence electrons. The topological polar surface area (TPSA) is 0 Å². The Morgan fingerprint density at radius 3 is 1.89 bits per heavy atom. The van der Waals surface area contributed by atoms with Crippen LogP contribution < -0.4 is 0 Å². The van der Waals surface area contributed by atoms with Crippen LogP contribution in [-0.4, -0.2) is 0 Å². The summed E-state index contributed by atoms with van der Waals surface area (Å²) in [6, 6.07) is 9.31. The molecule has 18 heavy (non-hydrogen) atoms. The van der Waals surface area contributed by atoms with Crippen LogP contribution in [0.15, 0.2) is 24.3 Å². The summed E-state index contributed by atoms with van der Waals surface area (Å²) in [5.74, 6) is 1.55. The van der Waals surface area contributed by atoms with Crippen molar-refractivity contribution >= 4 is 0 Å². The standard InChI is InChI=1S/C18H30/c1-7-15(9-8-14(2)3)16-10-12-17(13-11-16)18(4,5)6/h10-15H,7-9H2,1-6H3. The summed E-state index contributed by atoms with van der Waals surface area (Å²) < 4.78 is 0. The monoisotopic (exact) mass is 246 g/mol. The van der Waals surface area contributed by atoms with Gasteiger partial charge in [-0.05, 0) is 41.2 Å². The van der Waals surface area contributed by atoms with Crippen LogP contribution in [0.1, 0.15) is 77.8 Å². The first-order valence-corrected chi connectivity index (χ1v) is 7.45. The van der Waals surface area contributed by atoms with E-state index < -0.39 is 0 Å². The largest absolute Gasteiger partial charge is 0.0648 e. The molecule has 0 saturated heterocycles. The van der Waals surface area contributed by atoms with Crippen LogP contribution in [0.25, 0.3) is 0 Å². The zero-order valence-corrected chi connectivity index (χ0v) is 13.1. The molecule has 0 aromatic heterocycles. The van der Waals surface area contributed by atoms with Crippen LogP contribution in [0.4, 0.5) is 0 Å². The molecule has 0 aliphatic rings. The van der Waals surface area contributed by atoms with E-state index in [1.807, 2.05) is 0 Å². The maximum Gasteiger partial charge on any atom is -0.0132 e. The second kappa shape index (κ2) is 6.41. The lowest BCUT2D eigenvalue weighted by Crippen LogP contribution is -2.11. The summed E-state index contributed by atoms with van der Waals surface area (Å²) in [6.45, 7) is 13.8. The summed E-state index contributed by atoms with van der Waals surface area (Å²) in [7, 11) is 0. The van der Waals surface area contributed by atoms with Crippen molar-refractivity contribution in [2.75, 3.05) is 0 Å². The van der Waals surface area contributed by atoms with E-state index in [0.29, 0.717) is 0 Å². The number of rotatable bonds is 5. The normalized spacial score (nSPS) is 13.9. The average molecular weight is 246 g/mol. The molecular weight excluding hydrogens is 216 g/mol. The second-order valence-corrected chi connectivity index (χ2v) is 6.95. The number of hydrogen-bond acceptors (Lipinski definition) is 0. The van der Waals surface area contributed by atoms with Crippen LogP contribution >= 0.6 is 0 Å². The second-order valence-electron chi connectivity index (χ2n) is 6.95. The zero-order chi connectivity index (χ0) is 13.8. The zero-order valence-electron chi connectivity index (χ0n) is 13.1. The van der Waals surface area contributed by atoms with Crippen molar-refractivity contribution in [3.8, 4) is 0 Å². The number of hydrogen-bond donors (Lipinski definition) is 0. The van der Waals surface area contributed by atoms with E-state index in [1.54, 1.807) is 0 Å². The van der Waals surface area contributed by atoms with Gasteiger partial charge in [-0.3, -0.25) is 0 Å². The molecule has 0 fully saturated rings. The van der Waals surface area contributed by atoms with Crippen molar-refractivity contribution in [2.45, 2.75) is 72.1 Å². The molecule has 0 nitrogen and oxygen atoms in total. The van der Waals surface area contributed by atoms with Gasteiger partial charge in [0, 0.05) is 0 Å². The Kier molecular flexibility index (Phi) is 5.44. The molecule has 1 unspecified atom stereocenters. The Morgan fingerprint density at radius 2 is 1.50 bits per heavy atom. The van der Waals surface area contributed by atoms with Crippen molar-refractivity contribution in [1.82, 2.24) is 0 Å². The van der Waals surface area contributed by atoms with Gasteiger partial charge in [-0.15, -0.1) is 0 Å². The highest BCUT2D eigenvalue weighted by atomic mass is 14.2. The van der Waals surface area contributed by atoms with Crippen molar-refractivity contribution in [2.24, 2.45) is 5.92 Å². The maximum absolute atomic E-state index is 2.34. The lowest BCUT2D eigenvalue weighted by molar-refractivity contribution is 0.491. The molecule has 1 aromatic carbocycles. The highest BCUT2D eigenvalue weighted by molar-refractivity contribution is 5.29. The molecule has 0 amide bonds. The molecule has 0 bridgehead atoms. The number of benzene rings is 1. The predicted molar refractivity (Wildman–Crippen MR) is 82.2 cm³/mol. The Morgan fingerprint density at radius 1 is 0.944 bits per heavy atom. The Hall–Kier alpha value is -0.780. The molecule has 0 heterocycles. The van der Waals surface area contributed by atoms with Crippen LogP contribution in [0.2, 0.25) is 0 Å². The first kappa shape index (κ1) is 15.3. The highest BCUT2D eigenvalue weighted by Crippen LogP contribution is 2.29. The summed E-state index contributed by atoms with van der Waals surface area (Å²) in [5.41, 5.74) is 3.22. The minimum atomic E-state index is 0.262. The van der Waals surface area contributed by atoms with Crippen molar-refractivity contribution in [1.29, 1.82) is 0 Å². The van der Waals surface area contributed by atoms with Gasteiger partial charge in [-0.2, -0.15) is 0 Å². The molecule has 0 saturated carbocycles. The molecular formula is C18H30. The summed E-state index contributed by atoms with van der Waals surface area (Å²) in [6.07, 6.45) is 3.91.